The molecule has 112 valence electrons. The van der Waals surface area contributed by atoms with Crippen LogP contribution in [-0.2, 0) is 0 Å². The summed E-state index contributed by atoms with van der Waals surface area (Å²) in [6.45, 7) is 2.09. The zero-order valence-electron chi connectivity index (χ0n) is 12.1. The maximum atomic E-state index is 5.52. The quantitative estimate of drug-likeness (QED) is 0.649. The van der Waals surface area contributed by atoms with Crippen molar-refractivity contribution in [2.45, 2.75) is 31.3 Å². The van der Waals surface area contributed by atoms with Crippen LogP contribution < -0.4 is 16.2 Å². The molecule has 3 N–H and O–H groups in total. The highest BCUT2D eigenvalue weighted by atomic mass is 32.1. The van der Waals surface area contributed by atoms with Crippen LogP contribution in [0.4, 0.5) is 11.8 Å². The number of hydrazine groups is 1. The maximum absolute atomic E-state index is 5.52. The second-order valence-corrected chi connectivity index (χ2v) is 6.83. The Kier molecular flexibility index (Phi) is 3.20. The van der Waals surface area contributed by atoms with Crippen molar-refractivity contribution in [1.82, 2.24) is 14.9 Å². The van der Waals surface area contributed by atoms with Crippen LogP contribution in [0.5, 0.6) is 0 Å². The second-order valence-electron chi connectivity index (χ2n) is 5.94. The van der Waals surface area contributed by atoms with Gasteiger partial charge in [-0.1, -0.05) is 0 Å². The molecule has 0 aliphatic carbocycles. The van der Waals surface area contributed by atoms with Gasteiger partial charge >= 0.3 is 0 Å². The summed E-state index contributed by atoms with van der Waals surface area (Å²) in [6.07, 6.45) is 3.83. The molecule has 4 heterocycles. The molecular formula is C14H20N6S. The Labute approximate surface area is 127 Å². The first-order valence-corrected chi connectivity index (χ1v) is 8.33. The van der Waals surface area contributed by atoms with Gasteiger partial charge < -0.3 is 4.90 Å². The number of hydrogen-bond acceptors (Lipinski definition) is 7. The molecule has 0 amide bonds. The lowest BCUT2D eigenvalue weighted by molar-refractivity contribution is 0.254. The van der Waals surface area contributed by atoms with Crippen LogP contribution in [0.15, 0.2) is 11.4 Å². The molecular weight excluding hydrogens is 284 g/mol. The van der Waals surface area contributed by atoms with Gasteiger partial charge in [-0.05, 0) is 37.8 Å². The Balaban J connectivity index is 1.74. The highest BCUT2D eigenvalue weighted by molar-refractivity contribution is 7.16. The summed E-state index contributed by atoms with van der Waals surface area (Å²) in [7, 11) is 2.26. The lowest BCUT2D eigenvalue weighted by atomic mass is 10.1. The average molecular weight is 304 g/mol. The highest BCUT2D eigenvalue weighted by Gasteiger charge is 2.35. The monoisotopic (exact) mass is 304 g/mol. The Hall–Kier alpha value is -1.44. The Morgan fingerprint density at radius 1 is 1.29 bits per heavy atom. The van der Waals surface area contributed by atoms with Gasteiger partial charge in [0.25, 0.3) is 0 Å². The molecule has 2 aliphatic rings. The topological polar surface area (TPSA) is 70.3 Å². The molecule has 6 nitrogen and oxygen atoms in total. The van der Waals surface area contributed by atoms with Gasteiger partial charge in [-0.2, -0.15) is 4.98 Å². The number of likely N-dealkylation sites (N-methyl/N-ethyl adjacent to an activating group) is 1. The number of nitrogens with zero attached hydrogens (tertiary/aromatic N) is 4. The first-order valence-electron chi connectivity index (χ1n) is 7.45. The normalized spacial score (nSPS) is 26.3. The van der Waals surface area contributed by atoms with E-state index in [1.54, 1.807) is 11.3 Å². The third-order valence-corrected chi connectivity index (χ3v) is 5.69. The van der Waals surface area contributed by atoms with Crippen LogP contribution in [0.2, 0.25) is 0 Å². The smallest absolute Gasteiger partial charge is 0.240 e. The predicted molar refractivity (Wildman–Crippen MR) is 86.6 cm³/mol. The maximum Gasteiger partial charge on any atom is 0.240 e. The van der Waals surface area contributed by atoms with Crippen molar-refractivity contribution in [3.8, 4) is 0 Å². The van der Waals surface area contributed by atoms with Crippen molar-refractivity contribution in [2.24, 2.45) is 5.84 Å². The van der Waals surface area contributed by atoms with Crippen LogP contribution in [-0.4, -0.2) is 47.1 Å². The number of aromatic nitrogens is 2. The molecule has 4 rings (SSSR count). The number of nitrogens with two attached hydrogens (primary N) is 1. The standard InChI is InChI=1S/C14H20N6S/c1-19-9-2-3-10(19)8-20(6-4-9)12-11-5-7-21-13(11)17-14(16-12)18-15/h5,7,9-10H,2-4,6,8,15H2,1H3,(H,16,17,18). The van der Waals surface area contributed by atoms with E-state index in [2.05, 4.69) is 43.7 Å². The van der Waals surface area contributed by atoms with Crippen molar-refractivity contribution < 1.29 is 0 Å². The molecule has 0 radical (unpaired) electrons. The summed E-state index contributed by atoms with van der Waals surface area (Å²) >= 11 is 1.63. The Morgan fingerprint density at radius 3 is 3.00 bits per heavy atom. The third kappa shape index (κ3) is 2.16. The van der Waals surface area contributed by atoms with E-state index in [-0.39, 0.29) is 0 Å². The largest absolute Gasteiger partial charge is 0.354 e. The van der Waals surface area contributed by atoms with Crippen LogP contribution in [0.3, 0.4) is 0 Å². The first kappa shape index (κ1) is 13.2. The number of rotatable bonds is 2. The fourth-order valence-corrected chi connectivity index (χ4v) is 4.41. The molecule has 7 heteroatoms. The van der Waals surface area contributed by atoms with E-state index in [1.807, 2.05) is 0 Å². The Morgan fingerprint density at radius 2 is 2.14 bits per heavy atom. The van der Waals surface area contributed by atoms with Gasteiger partial charge in [0, 0.05) is 25.2 Å². The van der Waals surface area contributed by atoms with Crippen molar-refractivity contribution in [3.63, 3.8) is 0 Å². The van der Waals surface area contributed by atoms with Crippen LogP contribution in [0.25, 0.3) is 10.2 Å². The summed E-state index contributed by atoms with van der Waals surface area (Å²) in [5, 5.41) is 3.21. The van der Waals surface area contributed by atoms with Gasteiger partial charge in [0.15, 0.2) is 0 Å². The lowest BCUT2D eigenvalue weighted by Crippen LogP contribution is -2.37. The molecule has 2 saturated heterocycles. The van der Waals surface area contributed by atoms with Crippen molar-refractivity contribution in [1.29, 1.82) is 0 Å². The summed E-state index contributed by atoms with van der Waals surface area (Å²) in [5.41, 5.74) is 2.59. The summed E-state index contributed by atoms with van der Waals surface area (Å²) < 4.78 is 0. The molecule has 2 fully saturated rings. The molecule has 0 saturated carbocycles. The van der Waals surface area contributed by atoms with E-state index >= 15 is 0 Å². The SMILES string of the molecule is CN1C2CCC1CN(c1nc(NN)nc3sccc13)CC2. The molecule has 2 aromatic heterocycles. The molecule has 21 heavy (non-hydrogen) atoms. The molecule has 0 aromatic carbocycles. The first-order chi connectivity index (χ1) is 10.3. The van der Waals surface area contributed by atoms with Crippen LogP contribution >= 0.6 is 11.3 Å². The van der Waals surface area contributed by atoms with Crippen molar-refractivity contribution in [3.05, 3.63) is 11.4 Å². The minimum Gasteiger partial charge on any atom is -0.354 e. The summed E-state index contributed by atoms with van der Waals surface area (Å²) in [5.74, 6) is 7.05. The second kappa shape index (κ2) is 5.08. The molecule has 2 atom stereocenters. The molecule has 2 bridgehead atoms. The van der Waals surface area contributed by atoms with Gasteiger partial charge in [0.2, 0.25) is 5.95 Å². The number of anilines is 2. The van der Waals surface area contributed by atoms with Crippen LogP contribution in [0.1, 0.15) is 19.3 Å². The van der Waals surface area contributed by atoms with E-state index in [1.165, 1.54) is 19.3 Å². The lowest BCUT2D eigenvalue weighted by Gasteiger charge is -2.27. The zero-order valence-corrected chi connectivity index (χ0v) is 12.9. The van der Waals surface area contributed by atoms with Crippen molar-refractivity contribution >= 4 is 33.3 Å². The van der Waals surface area contributed by atoms with E-state index in [0.29, 0.717) is 12.0 Å². The van der Waals surface area contributed by atoms with Gasteiger partial charge in [0.1, 0.15) is 10.6 Å². The highest BCUT2D eigenvalue weighted by Crippen LogP contribution is 2.34. The van der Waals surface area contributed by atoms with E-state index in [0.717, 1.165) is 35.2 Å². The van der Waals surface area contributed by atoms with E-state index in [9.17, 15) is 0 Å². The minimum absolute atomic E-state index is 0.503. The van der Waals surface area contributed by atoms with E-state index in [4.69, 9.17) is 5.84 Å². The number of nitrogen functional groups attached to an aromatic ring is 1. The number of thiophene rings is 1. The van der Waals surface area contributed by atoms with Crippen LogP contribution in [0, 0.1) is 0 Å². The van der Waals surface area contributed by atoms with Gasteiger partial charge in [-0.15, -0.1) is 11.3 Å². The van der Waals surface area contributed by atoms with Gasteiger partial charge in [0.05, 0.1) is 5.39 Å². The van der Waals surface area contributed by atoms with E-state index < -0.39 is 0 Å². The fourth-order valence-electron chi connectivity index (χ4n) is 3.65. The average Bonchev–Trinajstić information content (AvgIpc) is 3.03. The third-order valence-electron chi connectivity index (χ3n) is 4.88. The molecule has 0 spiro atoms. The number of nitrogens with one attached hydrogen (secondary N) is 1. The summed E-state index contributed by atoms with van der Waals surface area (Å²) in [6, 6.07) is 3.48. The molecule has 2 aromatic rings. The van der Waals surface area contributed by atoms with Gasteiger partial charge in [-0.25, -0.2) is 10.8 Å². The number of hydrogen-bond donors (Lipinski definition) is 2. The molecule has 2 unspecified atom stereocenters. The zero-order chi connectivity index (χ0) is 14.4. The Bertz CT molecular complexity index is 656. The molecule has 2 aliphatic heterocycles. The fraction of sp³-hybridized carbons (Fsp3) is 0.571. The summed E-state index contributed by atoms with van der Waals surface area (Å²) in [4.78, 5) is 15.0. The number of fused-ring (bicyclic) bond motifs is 3. The van der Waals surface area contributed by atoms with Crippen molar-refractivity contribution in [2.75, 3.05) is 30.5 Å². The minimum atomic E-state index is 0.503. The van der Waals surface area contributed by atoms with Gasteiger partial charge in [-0.3, -0.25) is 10.3 Å². The predicted octanol–water partition coefficient (Wildman–Crippen LogP) is 1.65.